The first-order valence-electron chi connectivity index (χ1n) is 17.7. The van der Waals surface area contributed by atoms with Gasteiger partial charge in [-0.25, -0.2) is 43.4 Å². The van der Waals surface area contributed by atoms with E-state index in [0.29, 0.717) is 48.3 Å². The lowest BCUT2D eigenvalue weighted by molar-refractivity contribution is -0.134. The van der Waals surface area contributed by atoms with Crippen molar-refractivity contribution < 1.29 is 64.1 Å². The summed E-state index contributed by atoms with van der Waals surface area (Å²) in [6.45, 7) is 4.45. The Morgan fingerprint density at radius 2 is 1.10 bits per heavy atom. The third-order valence-electron chi connectivity index (χ3n) is 8.48. The predicted molar refractivity (Wildman–Crippen MR) is 211 cm³/mol. The molecule has 8 N–H and O–H groups in total. The number of carbonyl (C=O) groups is 6. The number of piperidine rings is 1. The lowest BCUT2D eigenvalue weighted by Crippen LogP contribution is -2.42. The Kier molecular flexibility index (Phi) is 17.9. The number of nitrogen functional groups attached to an aromatic ring is 1. The monoisotopic (exact) mass is 817 g/mol. The highest BCUT2D eigenvalue weighted by Gasteiger charge is 2.33. The van der Waals surface area contributed by atoms with Gasteiger partial charge in [-0.2, -0.15) is 5.10 Å². The van der Waals surface area contributed by atoms with Crippen molar-refractivity contribution in [1.82, 2.24) is 29.5 Å². The van der Waals surface area contributed by atoms with Crippen molar-refractivity contribution in [2.45, 2.75) is 31.3 Å². The van der Waals surface area contributed by atoms with Crippen LogP contribution in [0, 0.1) is 0 Å². The fourth-order valence-electron chi connectivity index (χ4n) is 5.84. The van der Waals surface area contributed by atoms with Crippen LogP contribution in [0.1, 0.15) is 25.3 Å². The number of hydrogen-bond donors (Lipinski definition) is 7. The number of likely N-dealkylation sites (tertiary alicyclic amines) is 2. The summed E-state index contributed by atoms with van der Waals surface area (Å²) in [6.07, 6.45) is 8.43. The molecule has 20 nitrogen and oxygen atoms in total. The number of fused-ring (bicyclic) bond motifs is 1. The summed E-state index contributed by atoms with van der Waals surface area (Å²) in [5.41, 5.74) is 8.96. The van der Waals surface area contributed by atoms with Crippen molar-refractivity contribution in [3.8, 4) is 22.8 Å². The molecule has 0 radical (unpaired) electrons. The Hall–Kier alpha value is -7.45. The quantitative estimate of drug-likeness (QED) is 0.107. The minimum absolute atomic E-state index is 0.279. The maximum absolute atomic E-state index is 9.55. The highest BCUT2D eigenvalue weighted by molar-refractivity contribution is 5.98. The number of anilines is 1. The molecule has 4 aromatic rings. The third kappa shape index (κ3) is 15.9. The largest absolute Gasteiger partial charge is 0.478 e. The van der Waals surface area contributed by atoms with E-state index >= 15 is 0 Å². The average molecular weight is 818 g/mol. The van der Waals surface area contributed by atoms with Gasteiger partial charge in [-0.05, 0) is 75.8 Å². The molecule has 0 bridgehead atoms. The van der Waals surface area contributed by atoms with Crippen LogP contribution in [-0.4, -0.2) is 135 Å². The molecule has 1 unspecified atom stereocenters. The van der Waals surface area contributed by atoms with Crippen molar-refractivity contribution in [3.05, 3.63) is 97.4 Å². The van der Waals surface area contributed by atoms with E-state index in [1.807, 2.05) is 54.6 Å². The highest BCUT2D eigenvalue weighted by atomic mass is 16.5. The first-order valence-corrected chi connectivity index (χ1v) is 17.7. The van der Waals surface area contributed by atoms with Crippen molar-refractivity contribution in [2.24, 2.45) is 0 Å². The molecule has 20 heteroatoms. The van der Waals surface area contributed by atoms with Gasteiger partial charge < -0.3 is 46.0 Å². The Bertz CT molecular complexity index is 2030. The molecular formula is C39H43N7O13. The Labute approximate surface area is 336 Å². The Morgan fingerprint density at radius 3 is 1.58 bits per heavy atom. The van der Waals surface area contributed by atoms with E-state index < -0.39 is 35.8 Å². The smallest absolute Gasteiger partial charge is 0.328 e. The average Bonchev–Trinajstić information content (AvgIpc) is 3.84. The van der Waals surface area contributed by atoms with Crippen LogP contribution in [0.2, 0.25) is 0 Å². The molecule has 1 atom stereocenters. The first kappa shape index (κ1) is 45.9. The summed E-state index contributed by atoms with van der Waals surface area (Å²) in [7, 11) is 2.21. The van der Waals surface area contributed by atoms with Gasteiger partial charge in [0.05, 0.1) is 11.4 Å². The van der Waals surface area contributed by atoms with Crippen LogP contribution >= 0.6 is 0 Å². The second-order valence-corrected chi connectivity index (χ2v) is 12.7. The van der Waals surface area contributed by atoms with E-state index in [1.54, 1.807) is 6.33 Å². The number of carboxylic acids is 6. The van der Waals surface area contributed by atoms with Crippen molar-refractivity contribution in [1.29, 1.82) is 0 Å². The molecule has 2 aromatic carbocycles. The number of aliphatic carboxylic acids is 6. The van der Waals surface area contributed by atoms with Crippen LogP contribution < -0.4 is 10.5 Å². The fraction of sp³-hybridized carbons (Fsp3) is 0.256. The number of nitrogens with zero attached hydrogens (tertiary/aromatic N) is 6. The number of ether oxygens (including phenoxy) is 1. The zero-order valence-corrected chi connectivity index (χ0v) is 31.6. The van der Waals surface area contributed by atoms with Crippen LogP contribution in [0.3, 0.4) is 0 Å². The predicted octanol–water partition coefficient (Wildman–Crippen LogP) is 3.34. The van der Waals surface area contributed by atoms with E-state index in [2.05, 4.69) is 31.5 Å². The number of para-hydroxylation sites is 1. The molecule has 312 valence electrons. The number of aromatic nitrogens is 4. The minimum atomic E-state index is -1.26. The number of hydrogen-bond acceptors (Lipinski definition) is 13. The van der Waals surface area contributed by atoms with Gasteiger partial charge >= 0.3 is 35.8 Å². The number of carboxylic acid groups (broad SMARTS) is 6. The Morgan fingerprint density at radius 1 is 0.644 bits per heavy atom. The first-order chi connectivity index (χ1) is 28.0. The second kappa shape index (κ2) is 22.9. The van der Waals surface area contributed by atoms with E-state index in [1.165, 1.54) is 25.9 Å². The van der Waals surface area contributed by atoms with Crippen molar-refractivity contribution >= 4 is 52.7 Å². The molecule has 4 heterocycles. The molecule has 0 spiro atoms. The van der Waals surface area contributed by atoms with E-state index in [-0.39, 0.29) is 6.04 Å². The summed E-state index contributed by atoms with van der Waals surface area (Å²) >= 11 is 0. The van der Waals surface area contributed by atoms with Gasteiger partial charge in [0.25, 0.3) is 0 Å². The van der Waals surface area contributed by atoms with Gasteiger partial charge in [0, 0.05) is 61.2 Å². The zero-order valence-electron chi connectivity index (χ0n) is 31.6. The van der Waals surface area contributed by atoms with E-state index in [0.717, 1.165) is 53.3 Å². The second-order valence-electron chi connectivity index (χ2n) is 12.7. The lowest BCUT2D eigenvalue weighted by Gasteiger charge is -2.35. The molecule has 2 aromatic heterocycles. The maximum Gasteiger partial charge on any atom is 0.328 e. The maximum atomic E-state index is 9.55. The van der Waals surface area contributed by atoms with Gasteiger partial charge in [-0.1, -0.05) is 18.2 Å². The van der Waals surface area contributed by atoms with Gasteiger partial charge in [0.1, 0.15) is 29.3 Å². The van der Waals surface area contributed by atoms with Gasteiger partial charge in [0.2, 0.25) is 0 Å². The van der Waals surface area contributed by atoms with Crippen LogP contribution in [0.4, 0.5) is 5.82 Å². The molecule has 59 heavy (non-hydrogen) atoms. The normalized spacial score (nSPS) is 15.7. The number of benzene rings is 2. The van der Waals surface area contributed by atoms with Crippen LogP contribution in [0.15, 0.2) is 97.4 Å². The molecule has 0 amide bonds. The molecule has 6 rings (SSSR count). The number of rotatable bonds is 11. The van der Waals surface area contributed by atoms with Crippen molar-refractivity contribution in [2.75, 3.05) is 39.0 Å². The molecular weight excluding hydrogens is 774 g/mol. The van der Waals surface area contributed by atoms with Gasteiger partial charge in [-0.15, -0.1) is 0 Å². The standard InChI is InChI=1S/C27H31N7O.3C4H4O4/c1-32-14-11-20(12-15-32)33-16-13-21(17-33)34-27-24(26(28)29-18-30-27)25(31-34)19-7-9-23(10-8-19)35-22-5-3-2-4-6-22;3*5-3(6)1-2-4(7)8/h2-10,18,20-21H,11-17H2,1H3,(H2,28,29,30);3*1-2H,(H,5,6)(H,7,8)/b;3*2-1-. The minimum Gasteiger partial charge on any atom is -0.478 e. The van der Waals surface area contributed by atoms with Crippen LogP contribution in [0.25, 0.3) is 22.3 Å². The summed E-state index contributed by atoms with van der Waals surface area (Å²) in [5, 5.41) is 52.8. The summed E-state index contributed by atoms with van der Waals surface area (Å²) in [5.74, 6) is -5.49. The molecule has 2 aliphatic rings. The van der Waals surface area contributed by atoms with E-state index in [4.69, 9.17) is 46.2 Å². The fourth-order valence-corrected chi connectivity index (χ4v) is 5.84. The van der Waals surface area contributed by atoms with Crippen LogP contribution in [-0.2, 0) is 28.8 Å². The summed E-state index contributed by atoms with van der Waals surface area (Å²) in [4.78, 5) is 71.3. The third-order valence-corrected chi connectivity index (χ3v) is 8.48. The Balaban J connectivity index is 0.000000317. The van der Waals surface area contributed by atoms with E-state index in [9.17, 15) is 28.8 Å². The highest BCUT2D eigenvalue weighted by Crippen LogP contribution is 2.35. The number of nitrogens with two attached hydrogens (primary N) is 1. The molecule has 2 aliphatic heterocycles. The molecule has 0 aliphatic carbocycles. The summed E-state index contributed by atoms with van der Waals surface area (Å²) in [6, 6.07) is 18.7. The van der Waals surface area contributed by atoms with Gasteiger partial charge in [0.15, 0.2) is 5.65 Å². The molecule has 2 fully saturated rings. The van der Waals surface area contributed by atoms with Gasteiger partial charge in [-0.3, -0.25) is 4.90 Å². The topological polar surface area (TPSA) is 309 Å². The zero-order chi connectivity index (χ0) is 43.5. The molecule has 0 saturated carbocycles. The summed E-state index contributed by atoms with van der Waals surface area (Å²) < 4.78 is 8.05. The lowest BCUT2D eigenvalue weighted by atomic mass is 10.0. The van der Waals surface area contributed by atoms with Crippen LogP contribution in [0.5, 0.6) is 11.5 Å². The molecule has 2 saturated heterocycles. The van der Waals surface area contributed by atoms with Crippen molar-refractivity contribution in [3.63, 3.8) is 0 Å². The SMILES string of the molecule is CN1CCC(N2CCC(n3nc(-c4ccc(Oc5ccccc5)cc4)c4c(N)ncnc43)C2)CC1.O=C(O)/C=C\C(=O)O.O=C(O)/C=C\C(=O)O.O=C(O)/C=C\C(=O)O.